The van der Waals surface area contributed by atoms with Crippen molar-refractivity contribution in [3.8, 4) is 5.75 Å². The Morgan fingerprint density at radius 2 is 1.87 bits per heavy atom. The monoisotopic (exact) mass is 523 g/mol. The summed E-state index contributed by atoms with van der Waals surface area (Å²) in [6.45, 7) is -0.448. The lowest BCUT2D eigenvalue weighted by Crippen LogP contribution is -2.47. The number of carbonyl (C=O) groups excluding carboxylic acids is 2. The zero-order chi connectivity index (χ0) is 26.6. The third-order valence-electron chi connectivity index (χ3n) is 6.79. The van der Waals surface area contributed by atoms with E-state index in [4.69, 9.17) is 9.47 Å². The van der Waals surface area contributed by atoms with Crippen molar-refractivity contribution in [3.05, 3.63) is 89.2 Å². The van der Waals surface area contributed by atoms with Gasteiger partial charge in [0.1, 0.15) is 29.6 Å². The number of benzene rings is 2. The highest BCUT2D eigenvalue weighted by Crippen LogP contribution is 2.47. The molecule has 1 fully saturated rings. The van der Waals surface area contributed by atoms with E-state index in [-0.39, 0.29) is 49.3 Å². The fourth-order valence-electron chi connectivity index (χ4n) is 5.01. The van der Waals surface area contributed by atoms with Crippen LogP contribution in [0, 0.1) is 11.6 Å². The van der Waals surface area contributed by atoms with Crippen LogP contribution in [0.15, 0.2) is 60.9 Å². The lowest BCUT2D eigenvalue weighted by molar-refractivity contribution is -0.142. The van der Waals surface area contributed by atoms with Gasteiger partial charge in [0.25, 0.3) is 0 Å². The first-order valence-electron chi connectivity index (χ1n) is 12.4. The highest BCUT2D eigenvalue weighted by atomic mass is 19.1. The second-order valence-corrected chi connectivity index (χ2v) is 9.45. The van der Waals surface area contributed by atoms with Gasteiger partial charge in [-0.3, -0.25) is 14.6 Å². The van der Waals surface area contributed by atoms with Gasteiger partial charge in [0.2, 0.25) is 11.8 Å². The van der Waals surface area contributed by atoms with Crippen molar-refractivity contribution in [2.75, 3.05) is 11.9 Å². The van der Waals surface area contributed by atoms with E-state index in [0.29, 0.717) is 17.9 Å². The number of aliphatic hydroxyl groups excluding tert-OH is 1. The second-order valence-electron chi connectivity index (χ2n) is 9.45. The summed E-state index contributed by atoms with van der Waals surface area (Å²) in [5.74, 6) is -1.27. The van der Waals surface area contributed by atoms with Crippen LogP contribution in [-0.4, -0.2) is 46.8 Å². The first-order chi connectivity index (χ1) is 18.4. The molecule has 2 amide bonds. The second kappa shape index (κ2) is 11.2. The first kappa shape index (κ1) is 25.7. The number of nitrogens with one attached hydrogen (secondary N) is 2. The van der Waals surface area contributed by atoms with Gasteiger partial charge in [-0.1, -0.05) is 0 Å². The maximum Gasteiger partial charge on any atom is 0.228 e. The molecule has 38 heavy (non-hydrogen) atoms. The molecule has 4 atom stereocenters. The number of fused-ring (bicyclic) bond motifs is 3. The molecule has 1 saturated heterocycles. The Bertz CT molecular complexity index is 1320. The number of anilines is 1. The van der Waals surface area contributed by atoms with E-state index in [1.54, 1.807) is 36.7 Å². The number of hydrogen-bond acceptors (Lipinski definition) is 6. The number of aliphatic hydroxyl groups is 1. The standard InChI is InChI=1S/C28H27F2N3O5/c29-18-1-3-23(30)17(10-18)14-32-26(35)13-20-12-22-21-11-19(33-27(36)9-16-5-7-31-8-6-16)2-4-24(21)38-28(22)25(15-34)37-20/h1-8,10-11,20,22,25,28,34H,9,12-15H2,(H,32,35)(H,33,36)/t20-,22+,25-,28-/m1/s1. The molecule has 5 rings (SSSR count). The van der Waals surface area contributed by atoms with Crippen LogP contribution in [0.2, 0.25) is 0 Å². The molecule has 0 saturated carbocycles. The molecule has 198 valence electrons. The Hall–Kier alpha value is -3.89. The van der Waals surface area contributed by atoms with E-state index in [9.17, 15) is 23.5 Å². The van der Waals surface area contributed by atoms with Gasteiger partial charge in [-0.05, 0) is 60.5 Å². The number of amides is 2. The predicted octanol–water partition coefficient (Wildman–Crippen LogP) is 3.24. The number of aromatic nitrogens is 1. The molecule has 0 aliphatic carbocycles. The average molecular weight is 524 g/mol. The highest BCUT2D eigenvalue weighted by Gasteiger charge is 2.46. The number of carbonyl (C=O) groups is 2. The molecule has 10 heteroatoms. The van der Waals surface area contributed by atoms with Crippen molar-refractivity contribution < 1.29 is 33.0 Å². The smallest absolute Gasteiger partial charge is 0.228 e. The quantitative estimate of drug-likeness (QED) is 0.418. The molecule has 2 aromatic carbocycles. The Kier molecular flexibility index (Phi) is 7.62. The summed E-state index contributed by atoms with van der Waals surface area (Å²) in [5.41, 5.74) is 2.38. The number of hydrogen-bond donors (Lipinski definition) is 3. The number of halogens is 2. The Morgan fingerprint density at radius 1 is 1.05 bits per heavy atom. The van der Waals surface area contributed by atoms with Crippen LogP contribution >= 0.6 is 0 Å². The Morgan fingerprint density at radius 3 is 2.66 bits per heavy atom. The van der Waals surface area contributed by atoms with Crippen molar-refractivity contribution in [1.82, 2.24) is 10.3 Å². The summed E-state index contributed by atoms with van der Waals surface area (Å²) in [5, 5.41) is 15.5. The Balaban J connectivity index is 1.23. The van der Waals surface area contributed by atoms with Gasteiger partial charge in [0.15, 0.2) is 0 Å². The molecule has 0 unspecified atom stereocenters. The van der Waals surface area contributed by atoms with Gasteiger partial charge in [0, 0.05) is 41.7 Å². The molecule has 2 aliphatic rings. The van der Waals surface area contributed by atoms with Gasteiger partial charge in [-0.15, -0.1) is 0 Å². The third kappa shape index (κ3) is 5.81. The maximum atomic E-state index is 13.9. The minimum atomic E-state index is -0.649. The van der Waals surface area contributed by atoms with Crippen LogP contribution in [-0.2, 0) is 27.3 Å². The summed E-state index contributed by atoms with van der Waals surface area (Å²) >= 11 is 0. The highest BCUT2D eigenvalue weighted by molar-refractivity contribution is 5.92. The van der Waals surface area contributed by atoms with Gasteiger partial charge in [-0.25, -0.2) is 8.78 Å². The number of pyridine rings is 1. The number of ether oxygens (including phenoxy) is 2. The zero-order valence-corrected chi connectivity index (χ0v) is 20.4. The van der Waals surface area contributed by atoms with E-state index in [0.717, 1.165) is 29.3 Å². The molecule has 0 spiro atoms. The van der Waals surface area contributed by atoms with Crippen molar-refractivity contribution in [2.45, 2.75) is 50.0 Å². The molecule has 2 aliphatic heterocycles. The molecule has 0 radical (unpaired) electrons. The first-order valence-corrected chi connectivity index (χ1v) is 12.4. The van der Waals surface area contributed by atoms with Gasteiger partial charge in [0.05, 0.1) is 25.6 Å². The lowest BCUT2D eigenvalue weighted by atomic mass is 9.84. The van der Waals surface area contributed by atoms with E-state index in [1.165, 1.54) is 0 Å². The summed E-state index contributed by atoms with van der Waals surface area (Å²) in [7, 11) is 0. The van der Waals surface area contributed by atoms with Crippen LogP contribution < -0.4 is 15.4 Å². The molecule has 8 nitrogen and oxygen atoms in total. The fraction of sp³-hybridized carbons (Fsp3) is 0.321. The van der Waals surface area contributed by atoms with E-state index < -0.39 is 29.9 Å². The van der Waals surface area contributed by atoms with Crippen molar-refractivity contribution in [2.24, 2.45) is 0 Å². The van der Waals surface area contributed by atoms with Crippen LogP contribution in [0.1, 0.15) is 35.4 Å². The van der Waals surface area contributed by atoms with Gasteiger partial charge < -0.3 is 25.2 Å². The van der Waals surface area contributed by atoms with Gasteiger partial charge >= 0.3 is 0 Å². The summed E-state index contributed by atoms with van der Waals surface area (Å²) < 4.78 is 39.3. The topological polar surface area (TPSA) is 110 Å². The fourth-order valence-corrected chi connectivity index (χ4v) is 5.01. The van der Waals surface area contributed by atoms with Crippen molar-refractivity contribution in [1.29, 1.82) is 0 Å². The molecule has 3 N–H and O–H groups in total. The number of nitrogens with zero attached hydrogens (tertiary/aromatic N) is 1. The zero-order valence-electron chi connectivity index (χ0n) is 20.4. The Labute approximate surface area is 218 Å². The minimum Gasteiger partial charge on any atom is -0.487 e. The minimum absolute atomic E-state index is 0.0195. The molecule has 1 aromatic heterocycles. The number of rotatable bonds is 8. The van der Waals surface area contributed by atoms with Crippen LogP contribution in [0.5, 0.6) is 5.75 Å². The largest absolute Gasteiger partial charge is 0.487 e. The van der Waals surface area contributed by atoms with Crippen molar-refractivity contribution >= 4 is 17.5 Å². The van der Waals surface area contributed by atoms with Crippen LogP contribution in [0.4, 0.5) is 14.5 Å². The lowest BCUT2D eigenvalue weighted by Gasteiger charge is -2.37. The molecule has 3 aromatic rings. The summed E-state index contributed by atoms with van der Waals surface area (Å²) in [6, 6.07) is 12.0. The summed E-state index contributed by atoms with van der Waals surface area (Å²) in [4.78, 5) is 29.1. The maximum absolute atomic E-state index is 13.9. The SMILES string of the molecule is O=C(C[C@H]1C[C@H]2c3cc(NC(=O)Cc4ccncc4)ccc3O[C@H]2[C@@H](CO)O1)NCc1cc(F)ccc1F. The van der Waals surface area contributed by atoms with Crippen LogP contribution in [0.3, 0.4) is 0 Å². The molecule has 3 heterocycles. The van der Waals surface area contributed by atoms with E-state index in [2.05, 4.69) is 15.6 Å². The molecule has 0 bridgehead atoms. The average Bonchev–Trinajstić information content (AvgIpc) is 3.27. The predicted molar refractivity (Wildman–Crippen MR) is 133 cm³/mol. The van der Waals surface area contributed by atoms with Crippen molar-refractivity contribution in [3.63, 3.8) is 0 Å². The summed E-state index contributed by atoms with van der Waals surface area (Å²) in [6.07, 6.45) is 2.30. The molecular formula is C28H27F2N3O5. The normalized spacial score (nSPS) is 21.7. The van der Waals surface area contributed by atoms with Crippen LogP contribution in [0.25, 0.3) is 0 Å². The third-order valence-corrected chi connectivity index (χ3v) is 6.79. The van der Waals surface area contributed by atoms with E-state index >= 15 is 0 Å². The van der Waals surface area contributed by atoms with Gasteiger partial charge in [-0.2, -0.15) is 0 Å². The molecular weight excluding hydrogens is 496 g/mol. The van der Waals surface area contributed by atoms with E-state index in [1.807, 2.05) is 6.07 Å².